The third kappa shape index (κ3) is 3.09. The lowest BCUT2D eigenvalue weighted by molar-refractivity contribution is 0.00834. The number of hydrogen-bond acceptors (Lipinski definition) is 3. The number of halogens is 1. The molecule has 0 unspecified atom stereocenters. The highest BCUT2D eigenvalue weighted by Gasteiger charge is 2.34. The third-order valence-electron chi connectivity index (χ3n) is 5.55. The van der Waals surface area contributed by atoms with Gasteiger partial charge in [-0.25, -0.2) is 14.4 Å². The molecule has 0 bridgehead atoms. The predicted octanol–water partition coefficient (Wildman–Crippen LogP) is 3.69. The average molecular weight is 313 g/mol. The van der Waals surface area contributed by atoms with Crippen LogP contribution in [0.5, 0.6) is 0 Å². The Balaban J connectivity index is 1.42. The fourth-order valence-corrected chi connectivity index (χ4v) is 4.13. The zero-order chi connectivity index (χ0) is 15.8. The lowest BCUT2D eigenvalue weighted by Gasteiger charge is -2.43. The number of aromatic nitrogens is 2. The zero-order valence-electron chi connectivity index (χ0n) is 13.7. The molecule has 4 rings (SSSR count). The second kappa shape index (κ2) is 6.16. The number of alkyl halides is 1. The van der Waals surface area contributed by atoms with Gasteiger partial charge in [0.2, 0.25) is 0 Å². The van der Waals surface area contributed by atoms with Crippen molar-refractivity contribution in [3.8, 4) is 0 Å². The second-order valence-corrected chi connectivity index (χ2v) is 7.27. The van der Waals surface area contributed by atoms with E-state index < -0.39 is 6.17 Å². The Morgan fingerprint density at radius 3 is 2.65 bits per heavy atom. The van der Waals surface area contributed by atoms with Gasteiger partial charge in [0.1, 0.15) is 12.5 Å². The van der Waals surface area contributed by atoms with E-state index in [4.69, 9.17) is 0 Å². The fraction of sp³-hybridized carbons (Fsp3) is 0.579. The van der Waals surface area contributed by atoms with Gasteiger partial charge in [-0.1, -0.05) is 11.6 Å². The summed E-state index contributed by atoms with van der Waals surface area (Å²) in [5.41, 5.74) is 3.49. The van der Waals surface area contributed by atoms with E-state index in [-0.39, 0.29) is 0 Å². The van der Waals surface area contributed by atoms with Gasteiger partial charge in [-0.15, -0.1) is 0 Å². The summed E-state index contributed by atoms with van der Waals surface area (Å²) >= 11 is 0. The summed E-state index contributed by atoms with van der Waals surface area (Å²) in [6.07, 6.45) is 7.04. The first-order chi connectivity index (χ1) is 11.2. The molecule has 0 spiro atoms. The highest BCUT2D eigenvalue weighted by molar-refractivity contribution is 5.81. The lowest BCUT2D eigenvalue weighted by Crippen LogP contribution is -2.54. The maximum Gasteiger partial charge on any atom is 0.125 e. The Bertz CT molecular complexity index is 688. The van der Waals surface area contributed by atoms with Gasteiger partial charge in [0.15, 0.2) is 0 Å². The van der Waals surface area contributed by atoms with E-state index in [0.717, 1.165) is 11.9 Å². The summed E-state index contributed by atoms with van der Waals surface area (Å²) in [7, 11) is 0. The van der Waals surface area contributed by atoms with Crippen LogP contribution in [0.1, 0.15) is 36.9 Å². The van der Waals surface area contributed by atoms with Crippen molar-refractivity contribution in [3.05, 3.63) is 35.8 Å². The lowest BCUT2D eigenvalue weighted by atomic mass is 9.81. The van der Waals surface area contributed by atoms with Crippen LogP contribution in [0.3, 0.4) is 0 Å². The van der Waals surface area contributed by atoms with E-state index in [1.807, 2.05) is 0 Å². The SMILES string of the molecule is Cc1ccc2ncnc(CC3CCC(N4CC(F)C4)CC3)c2c1. The first kappa shape index (κ1) is 15.0. The number of nitrogens with zero attached hydrogens (tertiary/aromatic N) is 3. The maximum absolute atomic E-state index is 13.0. The summed E-state index contributed by atoms with van der Waals surface area (Å²) in [6.45, 7) is 3.43. The van der Waals surface area contributed by atoms with Crippen LogP contribution in [-0.2, 0) is 6.42 Å². The molecular formula is C19H24FN3. The van der Waals surface area contributed by atoms with Crippen molar-refractivity contribution < 1.29 is 4.39 Å². The second-order valence-electron chi connectivity index (χ2n) is 7.27. The maximum atomic E-state index is 13.0. The molecule has 1 aliphatic heterocycles. The van der Waals surface area contributed by atoms with E-state index in [9.17, 15) is 4.39 Å². The van der Waals surface area contributed by atoms with Gasteiger partial charge < -0.3 is 0 Å². The first-order valence-corrected chi connectivity index (χ1v) is 8.77. The van der Waals surface area contributed by atoms with Crippen LogP contribution in [0.2, 0.25) is 0 Å². The molecule has 1 aliphatic carbocycles. The molecule has 23 heavy (non-hydrogen) atoms. The van der Waals surface area contributed by atoms with Crippen molar-refractivity contribution in [3.63, 3.8) is 0 Å². The summed E-state index contributed by atoms with van der Waals surface area (Å²) in [5, 5.41) is 1.21. The Kier molecular flexibility index (Phi) is 4.02. The number of fused-ring (bicyclic) bond motifs is 1. The highest BCUT2D eigenvalue weighted by atomic mass is 19.1. The quantitative estimate of drug-likeness (QED) is 0.865. The van der Waals surface area contributed by atoms with E-state index >= 15 is 0 Å². The van der Waals surface area contributed by atoms with E-state index in [1.54, 1.807) is 6.33 Å². The summed E-state index contributed by atoms with van der Waals surface area (Å²) in [5.74, 6) is 0.701. The predicted molar refractivity (Wildman–Crippen MR) is 90.2 cm³/mol. The molecule has 1 saturated heterocycles. The van der Waals surface area contributed by atoms with Crippen LogP contribution >= 0.6 is 0 Å². The molecule has 1 aromatic heterocycles. The van der Waals surface area contributed by atoms with Crippen LogP contribution in [0.15, 0.2) is 24.5 Å². The van der Waals surface area contributed by atoms with Crippen LogP contribution in [0, 0.1) is 12.8 Å². The van der Waals surface area contributed by atoms with Gasteiger partial charge in [-0.3, -0.25) is 4.90 Å². The molecule has 0 N–H and O–H groups in total. The molecule has 2 aliphatic rings. The summed E-state index contributed by atoms with van der Waals surface area (Å²) in [4.78, 5) is 11.3. The molecule has 4 heteroatoms. The molecule has 2 heterocycles. The average Bonchev–Trinajstić information content (AvgIpc) is 2.53. The Hall–Kier alpha value is -1.55. The van der Waals surface area contributed by atoms with Crippen molar-refractivity contribution in [1.82, 2.24) is 14.9 Å². The molecule has 0 radical (unpaired) electrons. The smallest absolute Gasteiger partial charge is 0.125 e. The van der Waals surface area contributed by atoms with Gasteiger partial charge >= 0.3 is 0 Å². The van der Waals surface area contributed by atoms with E-state index in [1.165, 1.54) is 42.3 Å². The monoisotopic (exact) mass is 313 g/mol. The van der Waals surface area contributed by atoms with Crippen LogP contribution in [-0.4, -0.2) is 40.2 Å². The molecule has 122 valence electrons. The molecule has 0 amide bonds. The van der Waals surface area contributed by atoms with Gasteiger partial charge in [0, 0.05) is 24.5 Å². The van der Waals surface area contributed by atoms with Gasteiger partial charge in [-0.05, 0) is 57.1 Å². The molecule has 0 atom stereocenters. The van der Waals surface area contributed by atoms with Crippen molar-refractivity contribution in [2.45, 2.75) is 51.2 Å². The number of benzene rings is 1. The van der Waals surface area contributed by atoms with Crippen LogP contribution in [0.25, 0.3) is 10.9 Å². The molecule has 2 fully saturated rings. The minimum Gasteiger partial charge on any atom is -0.295 e. The number of rotatable bonds is 3. The first-order valence-electron chi connectivity index (χ1n) is 8.77. The van der Waals surface area contributed by atoms with Crippen LogP contribution < -0.4 is 0 Å². The number of likely N-dealkylation sites (tertiary alicyclic amines) is 1. The number of hydrogen-bond donors (Lipinski definition) is 0. The Morgan fingerprint density at radius 1 is 1.13 bits per heavy atom. The van der Waals surface area contributed by atoms with Crippen molar-refractivity contribution >= 4 is 10.9 Å². The minimum atomic E-state index is -0.580. The van der Waals surface area contributed by atoms with Gasteiger partial charge in [-0.2, -0.15) is 0 Å². The largest absolute Gasteiger partial charge is 0.295 e. The molecule has 2 aromatic rings. The zero-order valence-corrected chi connectivity index (χ0v) is 13.7. The molecule has 1 aromatic carbocycles. The standard InChI is InChI=1S/C19H24FN3/c1-13-2-7-18-17(8-13)19(22-12-21-18)9-14-3-5-16(6-4-14)23-10-15(20)11-23/h2,7-8,12,14-16H,3-6,9-11H2,1H3. The van der Waals surface area contributed by atoms with Crippen molar-refractivity contribution in [2.75, 3.05) is 13.1 Å². The molecule has 1 saturated carbocycles. The fourth-order valence-electron chi connectivity index (χ4n) is 4.13. The number of aryl methyl sites for hydroxylation is 1. The van der Waals surface area contributed by atoms with Crippen molar-refractivity contribution in [2.24, 2.45) is 5.92 Å². The van der Waals surface area contributed by atoms with Gasteiger partial charge in [0.25, 0.3) is 0 Å². The minimum absolute atomic E-state index is 0.580. The van der Waals surface area contributed by atoms with E-state index in [0.29, 0.717) is 25.0 Å². The third-order valence-corrected chi connectivity index (χ3v) is 5.55. The normalized spacial score (nSPS) is 26.3. The Morgan fingerprint density at radius 2 is 1.91 bits per heavy atom. The van der Waals surface area contributed by atoms with Crippen LogP contribution in [0.4, 0.5) is 4.39 Å². The summed E-state index contributed by atoms with van der Waals surface area (Å²) < 4.78 is 13.0. The molecular weight excluding hydrogens is 289 g/mol. The molecule has 3 nitrogen and oxygen atoms in total. The summed E-state index contributed by atoms with van der Waals surface area (Å²) in [6, 6.07) is 7.01. The Labute approximate surface area is 136 Å². The topological polar surface area (TPSA) is 29.0 Å². The van der Waals surface area contributed by atoms with Crippen molar-refractivity contribution in [1.29, 1.82) is 0 Å². The van der Waals surface area contributed by atoms with Gasteiger partial charge in [0.05, 0.1) is 11.2 Å². The highest BCUT2D eigenvalue weighted by Crippen LogP contribution is 2.33. The van der Waals surface area contributed by atoms with E-state index in [2.05, 4.69) is 40.0 Å².